The fraction of sp³-hybridized carbons (Fsp3) is 0.611. The van der Waals surface area contributed by atoms with E-state index in [1.807, 2.05) is 12.1 Å². The normalized spacial score (nSPS) is 16.0. The van der Waals surface area contributed by atoms with Crippen molar-refractivity contribution < 1.29 is 9.53 Å². The Hall–Kier alpha value is -1.51. The fourth-order valence-corrected chi connectivity index (χ4v) is 2.80. The van der Waals surface area contributed by atoms with E-state index >= 15 is 0 Å². The van der Waals surface area contributed by atoms with E-state index in [1.54, 1.807) is 0 Å². The van der Waals surface area contributed by atoms with Crippen molar-refractivity contribution in [1.29, 1.82) is 0 Å². The Morgan fingerprint density at radius 3 is 2.48 bits per heavy atom. The predicted octanol–water partition coefficient (Wildman–Crippen LogP) is 3.89. The molecule has 1 aromatic rings. The van der Waals surface area contributed by atoms with Crippen molar-refractivity contribution in [3.05, 3.63) is 29.8 Å². The third-order valence-corrected chi connectivity index (χ3v) is 4.19. The van der Waals surface area contributed by atoms with Gasteiger partial charge in [0.05, 0.1) is 6.54 Å². The molecule has 0 saturated heterocycles. The van der Waals surface area contributed by atoms with Crippen molar-refractivity contribution >= 4 is 5.91 Å². The number of nitrogens with one attached hydrogen (secondary N) is 1. The van der Waals surface area contributed by atoms with Gasteiger partial charge in [-0.05, 0) is 36.5 Å². The average Bonchev–Trinajstić information content (AvgIpc) is 2.52. The van der Waals surface area contributed by atoms with Crippen LogP contribution < -0.4 is 10.1 Å². The van der Waals surface area contributed by atoms with Gasteiger partial charge >= 0.3 is 0 Å². The zero-order valence-electron chi connectivity index (χ0n) is 13.2. The Balaban J connectivity index is 1.66. The summed E-state index contributed by atoms with van der Waals surface area (Å²) in [7, 11) is 0. The summed E-state index contributed by atoms with van der Waals surface area (Å²) >= 11 is 0. The molecular weight excluding hydrogens is 262 g/mol. The molecule has 1 amide bonds. The summed E-state index contributed by atoms with van der Waals surface area (Å²) in [6.07, 6.45) is 5.75. The van der Waals surface area contributed by atoms with Gasteiger partial charge in [0.25, 0.3) is 0 Å². The van der Waals surface area contributed by atoms with Crippen molar-refractivity contribution in [3.8, 4) is 5.75 Å². The number of carbonyl (C=O) groups is 1. The predicted molar refractivity (Wildman–Crippen MR) is 85.6 cm³/mol. The number of rotatable bonds is 6. The minimum absolute atomic E-state index is 0.202. The second kappa shape index (κ2) is 8.06. The molecule has 1 aromatic carbocycles. The van der Waals surface area contributed by atoms with Crippen LogP contribution in [0.15, 0.2) is 24.3 Å². The molecule has 1 saturated carbocycles. The molecule has 0 spiro atoms. The Morgan fingerprint density at radius 1 is 1.19 bits per heavy atom. The van der Waals surface area contributed by atoms with Gasteiger partial charge in [-0.2, -0.15) is 0 Å². The van der Waals surface area contributed by atoms with Crippen LogP contribution in [0.5, 0.6) is 5.75 Å². The fourth-order valence-electron chi connectivity index (χ4n) is 2.80. The first-order valence-electron chi connectivity index (χ1n) is 8.17. The lowest BCUT2D eigenvalue weighted by atomic mass is 9.89. The Morgan fingerprint density at radius 2 is 1.86 bits per heavy atom. The highest BCUT2D eigenvalue weighted by Crippen LogP contribution is 2.23. The molecule has 1 aliphatic rings. The van der Waals surface area contributed by atoms with E-state index in [1.165, 1.54) is 24.8 Å². The first kappa shape index (κ1) is 15.9. The number of hydrogen-bond donors (Lipinski definition) is 1. The molecule has 0 radical (unpaired) electrons. The smallest absolute Gasteiger partial charge is 0.223 e. The first-order valence-corrected chi connectivity index (χ1v) is 8.17. The monoisotopic (exact) mass is 289 g/mol. The van der Waals surface area contributed by atoms with E-state index < -0.39 is 0 Å². The van der Waals surface area contributed by atoms with Crippen LogP contribution >= 0.6 is 0 Å². The van der Waals surface area contributed by atoms with Gasteiger partial charge in [0.2, 0.25) is 5.91 Å². The van der Waals surface area contributed by atoms with Crippen molar-refractivity contribution in [2.24, 2.45) is 5.92 Å². The topological polar surface area (TPSA) is 38.3 Å². The number of benzene rings is 1. The van der Waals surface area contributed by atoms with E-state index in [4.69, 9.17) is 4.74 Å². The van der Waals surface area contributed by atoms with Gasteiger partial charge in [0.15, 0.2) is 0 Å². The van der Waals surface area contributed by atoms with Crippen molar-refractivity contribution in [3.63, 3.8) is 0 Å². The van der Waals surface area contributed by atoms with Gasteiger partial charge < -0.3 is 10.1 Å². The van der Waals surface area contributed by atoms with Gasteiger partial charge in [0.1, 0.15) is 12.4 Å². The van der Waals surface area contributed by atoms with Crippen LogP contribution in [0, 0.1) is 5.92 Å². The Kier molecular flexibility index (Phi) is 6.09. The quantitative estimate of drug-likeness (QED) is 0.807. The average molecular weight is 289 g/mol. The molecule has 1 N–H and O–H groups in total. The molecule has 0 atom stereocenters. The molecule has 3 nitrogen and oxygen atoms in total. The molecule has 0 aliphatic heterocycles. The van der Waals surface area contributed by atoms with Gasteiger partial charge in [0, 0.05) is 5.92 Å². The maximum absolute atomic E-state index is 12.0. The van der Waals surface area contributed by atoms with Gasteiger partial charge in [-0.3, -0.25) is 4.79 Å². The number of carbonyl (C=O) groups excluding carboxylic acids is 1. The highest BCUT2D eigenvalue weighted by atomic mass is 16.5. The maximum Gasteiger partial charge on any atom is 0.223 e. The SMILES string of the molecule is CC(C)c1ccc(OCCNC(=O)C2CCCCC2)cc1. The highest BCUT2D eigenvalue weighted by Gasteiger charge is 2.20. The molecule has 21 heavy (non-hydrogen) atoms. The second-order valence-corrected chi connectivity index (χ2v) is 6.20. The van der Waals surface area contributed by atoms with Gasteiger partial charge in [-0.25, -0.2) is 0 Å². The summed E-state index contributed by atoms with van der Waals surface area (Å²) in [6, 6.07) is 8.19. The zero-order chi connectivity index (χ0) is 15.1. The zero-order valence-corrected chi connectivity index (χ0v) is 13.2. The van der Waals surface area contributed by atoms with E-state index in [2.05, 4.69) is 31.3 Å². The molecule has 1 fully saturated rings. The Bertz CT molecular complexity index is 433. The summed E-state index contributed by atoms with van der Waals surface area (Å²) in [6.45, 7) is 5.47. The van der Waals surface area contributed by atoms with Crippen LogP contribution in [-0.4, -0.2) is 19.1 Å². The minimum Gasteiger partial charge on any atom is -0.492 e. The summed E-state index contributed by atoms with van der Waals surface area (Å²) in [5, 5.41) is 2.99. The lowest BCUT2D eigenvalue weighted by molar-refractivity contribution is -0.126. The summed E-state index contributed by atoms with van der Waals surface area (Å²) in [4.78, 5) is 12.0. The second-order valence-electron chi connectivity index (χ2n) is 6.20. The number of ether oxygens (including phenoxy) is 1. The summed E-state index contributed by atoms with van der Waals surface area (Å²) in [5.41, 5.74) is 1.31. The van der Waals surface area contributed by atoms with Gasteiger partial charge in [-0.15, -0.1) is 0 Å². The standard InChI is InChI=1S/C18H27NO2/c1-14(2)15-8-10-17(11-9-15)21-13-12-19-18(20)16-6-4-3-5-7-16/h8-11,14,16H,3-7,12-13H2,1-2H3,(H,19,20). The lowest BCUT2D eigenvalue weighted by Gasteiger charge is -2.20. The van der Waals surface area contributed by atoms with E-state index in [0.717, 1.165) is 18.6 Å². The van der Waals surface area contributed by atoms with Crippen molar-refractivity contribution in [2.45, 2.75) is 51.9 Å². The molecule has 0 aromatic heterocycles. The van der Waals surface area contributed by atoms with Crippen LogP contribution in [0.25, 0.3) is 0 Å². The largest absolute Gasteiger partial charge is 0.492 e. The third kappa shape index (κ3) is 5.07. The molecule has 1 aliphatic carbocycles. The van der Waals surface area contributed by atoms with Crippen LogP contribution in [0.1, 0.15) is 57.4 Å². The molecule has 0 bridgehead atoms. The van der Waals surface area contributed by atoms with E-state index in [0.29, 0.717) is 19.1 Å². The number of hydrogen-bond acceptors (Lipinski definition) is 2. The van der Waals surface area contributed by atoms with Gasteiger partial charge in [-0.1, -0.05) is 45.2 Å². The van der Waals surface area contributed by atoms with Crippen molar-refractivity contribution in [2.75, 3.05) is 13.2 Å². The molecule has 3 heteroatoms. The van der Waals surface area contributed by atoms with E-state index in [-0.39, 0.29) is 11.8 Å². The molecular formula is C18H27NO2. The van der Waals surface area contributed by atoms with Crippen LogP contribution in [0.3, 0.4) is 0 Å². The van der Waals surface area contributed by atoms with Crippen LogP contribution in [-0.2, 0) is 4.79 Å². The lowest BCUT2D eigenvalue weighted by Crippen LogP contribution is -2.34. The highest BCUT2D eigenvalue weighted by molar-refractivity contribution is 5.78. The van der Waals surface area contributed by atoms with Crippen molar-refractivity contribution in [1.82, 2.24) is 5.32 Å². The number of amides is 1. The molecule has 2 rings (SSSR count). The third-order valence-electron chi connectivity index (χ3n) is 4.19. The maximum atomic E-state index is 12.0. The molecule has 0 heterocycles. The van der Waals surface area contributed by atoms with Crippen LogP contribution in [0.4, 0.5) is 0 Å². The van der Waals surface area contributed by atoms with Crippen LogP contribution in [0.2, 0.25) is 0 Å². The molecule has 0 unspecified atom stereocenters. The summed E-state index contributed by atoms with van der Waals surface area (Å²) in [5.74, 6) is 1.83. The van der Waals surface area contributed by atoms with E-state index in [9.17, 15) is 4.79 Å². The molecule has 116 valence electrons. The minimum atomic E-state index is 0.202. The Labute approximate surface area is 128 Å². The first-order chi connectivity index (χ1) is 10.2. The summed E-state index contributed by atoms with van der Waals surface area (Å²) < 4.78 is 5.66.